The van der Waals surface area contributed by atoms with Crippen molar-refractivity contribution in [1.82, 2.24) is 29.9 Å². The third-order valence-corrected chi connectivity index (χ3v) is 3.14. The Morgan fingerprint density at radius 1 is 1.32 bits per heavy atom. The van der Waals surface area contributed by atoms with Crippen LogP contribution >= 0.6 is 0 Å². The van der Waals surface area contributed by atoms with E-state index in [2.05, 4.69) is 25.5 Å². The highest BCUT2D eigenvalue weighted by molar-refractivity contribution is 5.93. The van der Waals surface area contributed by atoms with Crippen LogP contribution in [0.15, 0.2) is 30.7 Å². The number of fused-ring (bicyclic) bond motifs is 1. The van der Waals surface area contributed by atoms with Gasteiger partial charge in [-0.2, -0.15) is 0 Å². The molecular formula is C14H14N6O2. The molecule has 0 aliphatic carbocycles. The first kappa shape index (κ1) is 13.9. The number of pyridine rings is 1. The van der Waals surface area contributed by atoms with Crippen LogP contribution in [0.25, 0.3) is 5.65 Å². The number of ether oxygens (including phenoxy) is 1. The smallest absolute Gasteiger partial charge is 0.260 e. The van der Waals surface area contributed by atoms with Gasteiger partial charge in [0.05, 0.1) is 19.2 Å². The predicted molar refractivity (Wildman–Crippen MR) is 77.5 cm³/mol. The van der Waals surface area contributed by atoms with Gasteiger partial charge < -0.3 is 10.1 Å². The molecule has 0 unspecified atom stereocenters. The summed E-state index contributed by atoms with van der Waals surface area (Å²) in [5.41, 5.74) is 1.87. The average Bonchev–Trinajstić information content (AvgIpc) is 2.96. The van der Waals surface area contributed by atoms with Crippen LogP contribution in [0.1, 0.15) is 21.9 Å². The maximum absolute atomic E-state index is 12.1. The van der Waals surface area contributed by atoms with Gasteiger partial charge >= 0.3 is 0 Å². The maximum atomic E-state index is 12.1. The van der Waals surface area contributed by atoms with Gasteiger partial charge in [-0.05, 0) is 19.1 Å². The number of carbonyl (C=O) groups is 1. The number of nitrogens with one attached hydrogen (secondary N) is 1. The Balaban J connectivity index is 1.77. The summed E-state index contributed by atoms with van der Waals surface area (Å²) in [5.74, 6) is 0.754. The standard InChI is InChI=1S/C14H14N6O2/c1-9-3-4-10(7-16-9)13(21)17-8-11-18-19-12-14(22-2)15-5-6-20(11)12/h3-7H,8H2,1-2H3,(H,17,21). The summed E-state index contributed by atoms with van der Waals surface area (Å²) in [6, 6.07) is 3.52. The molecule has 0 saturated heterocycles. The minimum atomic E-state index is -0.217. The number of rotatable bonds is 4. The molecule has 0 atom stereocenters. The van der Waals surface area contributed by atoms with Crippen molar-refractivity contribution >= 4 is 11.6 Å². The number of aromatic nitrogens is 5. The van der Waals surface area contributed by atoms with E-state index in [0.29, 0.717) is 22.9 Å². The molecule has 3 aromatic heterocycles. The van der Waals surface area contributed by atoms with Crippen molar-refractivity contribution < 1.29 is 9.53 Å². The van der Waals surface area contributed by atoms with Crippen molar-refractivity contribution in [3.8, 4) is 5.88 Å². The van der Waals surface area contributed by atoms with Crippen LogP contribution in [0.4, 0.5) is 0 Å². The van der Waals surface area contributed by atoms with Crippen molar-refractivity contribution in [3.05, 3.63) is 47.8 Å². The van der Waals surface area contributed by atoms with Crippen LogP contribution in [-0.4, -0.2) is 37.6 Å². The third kappa shape index (κ3) is 2.58. The molecule has 8 heteroatoms. The van der Waals surface area contributed by atoms with Crippen molar-refractivity contribution in [1.29, 1.82) is 0 Å². The molecule has 0 spiro atoms. The van der Waals surface area contributed by atoms with Crippen LogP contribution in [0.2, 0.25) is 0 Å². The highest BCUT2D eigenvalue weighted by Gasteiger charge is 2.12. The van der Waals surface area contributed by atoms with Crippen LogP contribution in [0.5, 0.6) is 5.88 Å². The predicted octanol–water partition coefficient (Wildman–Crippen LogP) is 0.766. The quantitative estimate of drug-likeness (QED) is 0.764. The minimum Gasteiger partial charge on any atom is -0.478 e. The first-order valence-electron chi connectivity index (χ1n) is 6.62. The van der Waals surface area contributed by atoms with Crippen LogP contribution in [-0.2, 0) is 6.54 Å². The van der Waals surface area contributed by atoms with Crippen LogP contribution < -0.4 is 10.1 Å². The lowest BCUT2D eigenvalue weighted by Crippen LogP contribution is -2.24. The lowest BCUT2D eigenvalue weighted by Gasteiger charge is -2.05. The van der Waals surface area contributed by atoms with Gasteiger partial charge in [0.15, 0.2) is 5.82 Å². The van der Waals surface area contributed by atoms with Crippen LogP contribution in [0, 0.1) is 6.92 Å². The normalized spacial score (nSPS) is 10.6. The topological polar surface area (TPSA) is 94.3 Å². The zero-order valence-corrected chi connectivity index (χ0v) is 12.1. The van der Waals surface area contributed by atoms with E-state index in [-0.39, 0.29) is 12.5 Å². The average molecular weight is 298 g/mol. The highest BCUT2D eigenvalue weighted by atomic mass is 16.5. The molecular weight excluding hydrogens is 284 g/mol. The molecule has 22 heavy (non-hydrogen) atoms. The molecule has 3 rings (SSSR count). The molecule has 1 N–H and O–H groups in total. The van der Waals surface area contributed by atoms with Gasteiger partial charge in [0.25, 0.3) is 11.8 Å². The molecule has 0 saturated carbocycles. The van der Waals surface area contributed by atoms with E-state index in [1.807, 2.05) is 6.92 Å². The second kappa shape index (κ2) is 5.76. The van der Waals surface area contributed by atoms with Gasteiger partial charge in [-0.3, -0.25) is 14.2 Å². The van der Waals surface area contributed by atoms with Crippen molar-refractivity contribution in [2.75, 3.05) is 7.11 Å². The lowest BCUT2D eigenvalue weighted by atomic mass is 10.2. The third-order valence-electron chi connectivity index (χ3n) is 3.14. The second-order valence-electron chi connectivity index (χ2n) is 4.62. The largest absolute Gasteiger partial charge is 0.478 e. The summed E-state index contributed by atoms with van der Waals surface area (Å²) in [6.07, 6.45) is 4.84. The van der Waals surface area contributed by atoms with Gasteiger partial charge in [0.1, 0.15) is 0 Å². The molecule has 0 aromatic carbocycles. The van der Waals surface area contributed by atoms with E-state index in [0.717, 1.165) is 5.69 Å². The number of methoxy groups -OCH3 is 1. The summed E-state index contributed by atoms with van der Waals surface area (Å²) in [4.78, 5) is 20.2. The molecule has 8 nitrogen and oxygen atoms in total. The lowest BCUT2D eigenvalue weighted by molar-refractivity contribution is 0.0949. The maximum Gasteiger partial charge on any atom is 0.260 e. The molecule has 0 bridgehead atoms. The van der Waals surface area contributed by atoms with Crippen molar-refractivity contribution in [2.24, 2.45) is 0 Å². The molecule has 0 aliphatic rings. The van der Waals surface area contributed by atoms with Gasteiger partial charge in [-0.25, -0.2) is 4.98 Å². The Morgan fingerprint density at radius 2 is 2.18 bits per heavy atom. The van der Waals surface area contributed by atoms with Gasteiger partial charge in [0, 0.05) is 24.3 Å². The molecule has 112 valence electrons. The Hall–Kier alpha value is -3.03. The fraction of sp³-hybridized carbons (Fsp3) is 0.214. The second-order valence-corrected chi connectivity index (χ2v) is 4.62. The number of hydrogen-bond donors (Lipinski definition) is 1. The molecule has 3 heterocycles. The molecule has 1 amide bonds. The molecule has 0 radical (unpaired) electrons. The van der Waals surface area contributed by atoms with Crippen molar-refractivity contribution in [2.45, 2.75) is 13.5 Å². The summed E-state index contributed by atoms with van der Waals surface area (Å²) in [7, 11) is 1.52. The fourth-order valence-electron chi connectivity index (χ4n) is 1.98. The molecule has 0 aliphatic heterocycles. The van der Waals surface area contributed by atoms with Crippen molar-refractivity contribution in [3.63, 3.8) is 0 Å². The summed E-state index contributed by atoms with van der Waals surface area (Å²) in [5, 5.41) is 10.8. The summed E-state index contributed by atoms with van der Waals surface area (Å²) >= 11 is 0. The minimum absolute atomic E-state index is 0.217. The Labute approximate surface area is 126 Å². The van der Waals surface area contributed by atoms with E-state index in [9.17, 15) is 4.79 Å². The van der Waals surface area contributed by atoms with E-state index in [4.69, 9.17) is 4.74 Å². The fourth-order valence-corrected chi connectivity index (χ4v) is 1.98. The summed E-state index contributed by atoms with van der Waals surface area (Å²) < 4.78 is 6.84. The SMILES string of the molecule is COc1nccn2c(CNC(=O)c3ccc(C)nc3)nnc12. The number of aryl methyl sites for hydroxylation is 1. The number of nitrogens with zero attached hydrogens (tertiary/aromatic N) is 5. The first-order chi connectivity index (χ1) is 10.7. The van der Waals surface area contributed by atoms with E-state index in [1.54, 1.807) is 35.1 Å². The first-order valence-corrected chi connectivity index (χ1v) is 6.62. The Kier molecular flexibility index (Phi) is 3.65. The van der Waals surface area contributed by atoms with Gasteiger partial charge in [0.2, 0.25) is 5.65 Å². The summed E-state index contributed by atoms with van der Waals surface area (Å²) in [6.45, 7) is 2.10. The highest BCUT2D eigenvalue weighted by Crippen LogP contribution is 2.13. The number of carbonyl (C=O) groups excluding carboxylic acids is 1. The Bertz CT molecular complexity index is 812. The number of amides is 1. The van der Waals surface area contributed by atoms with E-state index < -0.39 is 0 Å². The van der Waals surface area contributed by atoms with Gasteiger partial charge in [-0.1, -0.05) is 0 Å². The Morgan fingerprint density at radius 3 is 2.91 bits per heavy atom. The van der Waals surface area contributed by atoms with Crippen LogP contribution in [0.3, 0.4) is 0 Å². The number of hydrogen-bond acceptors (Lipinski definition) is 6. The monoisotopic (exact) mass is 298 g/mol. The molecule has 0 fully saturated rings. The zero-order chi connectivity index (χ0) is 15.5. The molecule has 3 aromatic rings. The zero-order valence-electron chi connectivity index (χ0n) is 12.1. The van der Waals surface area contributed by atoms with E-state index >= 15 is 0 Å². The van der Waals surface area contributed by atoms with Gasteiger partial charge in [-0.15, -0.1) is 10.2 Å². The van der Waals surface area contributed by atoms with E-state index in [1.165, 1.54) is 7.11 Å².